The fourth-order valence-electron chi connectivity index (χ4n) is 1.31. The summed E-state index contributed by atoms with van der Waals surface area (Å²) < 4.78 is 1.14. The van der Waals surface area contributed by atoms with Gasteiger partial charge in [0.05, 0.1) is 0 Å². The highest BCUT2D eigenvalue weighted by Gasteiger charge is 1.99. The van der Waals surface area contributed by atoms with Gasteiger partial charge in [-0.1, -0.05) is 78.3 Å². The van der Waals surface area contributed by atoms with Gasteiger partial charge >= 0.3 is 0 Å². The average molecular weight is 263 g/mol. The molecule has 0 saturated carbocycles. The van der Waals surface area contributed by atoms with Crippen LogP contribution in [0.2, 0.25) is 0 Å². The fourth-order valence-corrected chi connectivity index (χ4v) is 1.83. The van der Waals surface area contributed by atoms with Crippen LogP contribution in [0.15, 0.2) is 59.1 Å². The predicted molar refractivity (Wildman–Crippen MR) is 70.9 cm³/mol. The average Bonchev–Trinajstić information content (AvgIpc) is 2.33. The van der Waals surface area contributed by atoms with Crippen molar-refractivity contribution in [3.63, 3.8) is 0 Å². The Labute approximate surface area is 100 Å². The first-order valence-electron chi connectivity index (χ1n) is 5.18. The quantitative estimate of drug-likeness (QED) is 0.668. The molecule has 0 aromatic heterocycles. The molecule has 2 rings (SSSR count). The zero-order valence-electron chi connectivity index (χ0n) is 9.07. The molecule has 0 heterocycles. The second kappa shape index (κ2) is 6.41. The first-order chi connectivity index (χ1) is 7.38. The molecule has 2 aromatic carbocycles. The van der Waals surface area contributed by atoms with Crippen LogP contribution in [0.4, 0.5) is 0 Å². The summed E-state index contributed by atoms with van der Waals surface area (Å²) in [4.78, 5) is 0. The summed E-state index contributed by atoms with van der Waals surface area (Å²) in [6.07, 6.45) is 0. The molecule has 1 heteroatoms. The first-order valence-corrected chi connectivity index (χ1v) is 5.97. The van der Waals surface area contributed by atoms with Crippen LogP contribution in [0.25, 0.3) is 11.1 Å². The van der Waals surface area contributed by atoms with E-state index in [1.165, 1.54) is 11.1 Å². The molecule has 2 aromatic rings. The van der Waals surface area contributed by atoms with Crippen molar-refractivity contribution in [3.8, 4) is 11.1 Å². The van der Waals surface area contributed by atoms with Crippen molar-refractivity contribution in [1.29, 1.82) is 0 Å². The lowest BCUT2D eigenvalue weighted by atomic mass is 10.1. The molecule has 0 aliphatic carbocycles. The normalized spacial score (nSPS) is 9.00. The van der Waals surface area contributed by atoms with E-state index in [-0.39, 0.29) is 0 Å². The van der Waals surface area contributed by atoms with Crippen molar-refractivity contribution in [3.05, 3.63) is 59.1 Å². The van der Waals surface area contributed by atoms with Gasteiger partial charge in [0.2, 0.25) is 0 Å². The maximum absolute atomic E-state index is 3.53. The SMILES string of the molecule is Brc1ccccc1-c1ccccc1.CC. The number of benzene rings is 2. The summed E-state index contributed by atoms with van der Waals surface area (Å²) in [5.41, 5.74) is 2.48. The molecule has 0 amide bonds. The molecule has 78 valence electrons. The minimum absolute atomic E-state index is 1.14. The van der Waals surface area contributed by atoms with Crippen molar-refractivity contribution in [2.24, 2.45) is 0 Å². The third-order valence-electron chi connectivity index (χ3n) is 1.96. The van der Waals surface area contributed by atoms with Gasteiger partial charge in [-0.15, -0.1) is 0 Å². The molecule has 0 aliphatic rings. The highest BCUT2D eigenvalue weighted by atomic mass is 79.9. The summed E-state index contributed by atoms with van der Waals surface area (Å²) in [5.74, 6) is 0. The van der Waals surface area contributed by atoms with Gasteiger partial charge in [-0.3, -0.25) is 0 Å². The smallest absolute Gasteiger partial charge is 0.0253 e. The zero-order chi connectivity index (χ0) is 11.1. The Morgan fingerprint density at radius 3 is 1.87 bits per heavy atom. The molecule has 0 N–H and O–H groups in total. The summed E-state index contributed by atoms with van der Waals surface area (Å²) in [5, 5.41) is 0. The highest BCUT2D eigenvalue weighted by Crippen LogP contribution is 2.27. The van der Waals surface area contributed by atoms with Gasteiger partial charge in [-0.2, -0.15) is 0 Å². The summed E-state index contributed by atoms with van der Waals surface area (Å²) in [6, 6.07) is 18.6. The zero-order valence-corrected chi connectivity index (χ0v) is 10.7. The van der Waals surface area contributed by atoms with E-state index in [2.05, 4.69) is 52.3 Å². The topological polar surface area (TPSA) is 0 Å². The molecule has 0 radical (unpaired) electrons. The van der Waals surface area contributed by atoms with Crippen LogP contribution >= 0.6 is 15.9 Å². The Bertz CT molecular complexity index is 393. The van der Waals surface area contributed by atoms with Crippen molar-refractivity contribution in [2.75, 3.05) is 0 Å². The molecule has 0 spiro atoms. The van der Waals surface area contributed by atoms with Crippen LogP contribution < -0.4 is 0 Å². The lowest BCUT2D eigenvalue weighted by Gasteiger charge is -2.02. The van der Waals surface area contributed by atoms with Crippen LogP contribution in [-0.4, -0.2) is 0 Å². The van der Waals surface area contributed by atoms with E-state index in [0.717, 1.165) is 4.47 Å². The van der Waals surface area contributed by atoms with Crippen LogP contribution in [0, 0.1) is 0 Å². The van der Waals surface area contributed by atoms with E-state index in [4.69, 9.17) is 0 Å². The van der Waals surface area contributed by atoms with E-state index in [1.54, 1.807) is 0 Å². The lowest BCUT2D eigenvalue weighted by Crippen LogP contribution is -1.77. The molecule has 0 atom stereocenters. The molecule has 15 heavy (non-hydrogen) atoms. The minimum atomic E-state index is 1.14. The van der Waals surface area contributed by atoms with Gasteiger partial charge in [-0.25, -0.2) is 0 Å². The molecule has 0 unspecified atom stereocenters. The van der Waals surface area contributed by atoms with E-state index in [9.17, 15) is 0 Å². The minimum Gasteiger partial charge on any atom is -0.0683 e. The maximum atomic E-state index is 3.53. The summed E-state index contributed by atoms with van der Waals surface area (Å²) in [7, 11) is 0. The standard InChI is InChI=1S/C12H9Br.C2H6/c13-12-9-5-4-8-11(12)10-6-2-1-3-7-10;1-2/h1-9H;1-2H3. The summed E-state index contributed by atoms with van der Waals surface area (Å²) in [6.45, 7) is 4.00. The van der Waals surface area contributed by atoms with E-state index in [1.807, 2.05) is 32.0 Å². The van der Waals surface area contributed by atoms with Crippen LogP contribution in [-0.2, 0) is 0 Å². The molecule has 0 bridgehead atoms. The molecule has 0 saturated heterocycles. The van der Waals surface area contributed by atoms with Crippen molar-refractivity contribution in [1.82, 2.24) is 0 Å². The number of hydrogen-bond acceptors (Lipinski definition) is 0. The largest absolute Gasteiger partial charge is 0.0683 e. The second-order valence-electron chi connectivity index (χ2n) is 2.85. The molecule has 0 nitrogen and oxygen atoms in total. The molecular formula is C14H15Br. The monoisotopic (exact) mass is 262 g/mol. The Balaban J connectivity index is 0.000000531. The number of rotatable bonds is 1. The van der Waals surface area contributed by atoms with E-state index >= 15 is 0 Å². The molecular weight excluding hydrogens is 248 g/mol. The maximum Gasteiger partial charge on any atom is 0.0253 e. The van der Waals surface area contributed by atoms with Crippen molar-refractivity contribution >= 4 is 15.9 Å². The number of halogens is 1. The molecule has 0 fully saturated rings. The third-order valence-corrected chi connectivity index (χ3v) is 2.65. The fraction of sp³-hybridized carbons (Fsp3) is 0.143. The first kappa shape index (κ1) is 12.0. The van der Waals surface area contributed by atoms with Crippen LogP contribution in [0.1, 0.15) is 13.8 Å². The van der Waals surface area contributed by atoms with Gasteiger partial charge in [0.15, 0.2) is 0 Å². The van der Waals surface area contributed by atoms with Gasteiger partial charge in [0, 0.05) is 4.47 Å². The van der Waals surface area contributed by atoms with Crippen molar-refractivity contribution in [2.45, 2.75) is 13.8 Å². The Kier molecular flexibility index (Phi) is 5.13. The van der Waals surface area contributed by atoms with Gasteiger partial charge in [0.25, 0.3) is 0 Å². The Hall–Kier alpha value is -1.08. The van der Waals surface area contributed by atoms with E-state index < -0.39 is 0 Å². The van der Waals surface area contributed by atoms with Gasteiger partial charge in [0.1, 0.15) is 0 Å². The highest BCUT2D eigenvalue weighted by molar-refractivity contribution is 9.10. The molecule has 0 aliphatic heterocycles. The summed E-state index contributed by atoms with van der Waals surface area (Å²) >= 11 is 3.53. The predicted octanol–water partition coefficient (Wildman–Crippen LogP) is 5.14. The van der Waals surface area contributed by atoms with Crippen LogP contribution in [0.5, 0.6) is 0 Å². The van der Waals surface area contributed by atoms with Gasteiger partial charge < -0.3 is 0 Å². The van der Waals surface area contributed by atoms with Crippen LogP contribution in [0.3, 0.4) is 0 Å². The van der Waals surface area contributed by atoms with Gasteiger partial charge in [-0.05, 0) is 17.2 Å². The second-order valence-corrected chi connectivity index (χ2v) is 3.70. The number of hydrogen-bond donors (Lipinski definition) is 0. The Morgan fingerprint density at radius 2 is 1.27 bits per heavy atom. The van der Waals surface area contributed by atoms with Crippen molar-refractivity contribution < 1.29 is 0 Å². The third kappa shape index (κ3) is 3.21. The Morgan fingerprint density at radius 1 is 0.733 bits per heavy atom. The lowest BCUT2D eigenvalue weighted by molar-refractivity contribution is 1.50. The van der Waals surface area contributed by atoms with E-state index in [0.29, 0.717) is 0 Å².